The molecule has 0 fully saturated rings. The fourth-order valence-electron chi connectivity index (χ4n) is 2.53. The molecule has 1 aromatic heterocycles. The molecule has 0 bridgehead atoms. The highest BCUT2D eigenvalue weighted by molar-refractivity contribution is 8.02. The van der Waals surface area contributed by atoms with E-state index in [4.69, 9.17) is 4.74 Å². The van der Waals surface area contributed by atoms with Crippen molar-refractivity contribution in [3.8, 4) is 5.75 Å². The van der Waals surface area contributed by atoms with E-state index >= 15 is 0 Å². The molecule has 0 aliphatic carbocycles. The van der Waals surface area contributed by atoms with Crippen molar-refractivity contribution in [3.63, 3.8) is 0 Å². The van der Waals surface area contributed by atoms with Gasteiger partial charge in [0.1, 0.15) is 5.75 Å². The third-order valence-corrected chi connectivity index (χ3v) is 6.27. The topological polar surface area (TPSA) is 80.3 Å². The number of hydrogen-bond donors (Lipinski definition) is 2. The fourth-order valence-corrected chi connectivity index (χ4v) is 4.78. The van der Waals surface area contributed by atoms with E-state index in [9.17, 15) is 9.59 Å². The standard InChI is InChI=1S/C21H23N3O3S2/c1-4-19(25)22-15-8-11-17-18(12-15)29-21(24-17)28-13(3)20(26)23-14-6-9-16(10-7-14)27-5-2/h6-13H,4-5H2,1-3H3,(H,22,25)(H,23,26)/t13-/m0/s1. The van der Waals surface area contributed by atoms with Crippen LogP contribution >= 0.6 is 23.1 Å². The molecule has 29 heavy (non-hydrogen) atoms. The van der Waals surface area contributed by atoms with Gasteiger partial charge in [0, 0.05) is 17.8 Å². The highest BCUT2D eigenvalue weighted by atomic mass is 32.2. The lowest BCUT2D eigenvalue weighted by Crippen LogP contribution is -2.22. The van der Waals surface area contributed by atoms with E-state index in [-0.39, 0.29) is 17.1 Å². The number of benzene rings is 2. The molecule has 2 amide bonds. The number of carbonyl (C=O) groups excluding carboxylic acids is 2. The second kappa shape index (κ2) is 9.76. The largest absolute Gasteiger partial charge is 0.494 e. The first-order valence-corrected chi connectivity index (χ1v) is 11.1. The Morgan fingerprint density at radius 3 is 2.52 bits per heavy atom. The maximum atomic E-state index is 12.5. The molecule has 3 aromatic rings. The van der Waals surface area contributed by atoms with E-state index < -0.39 is 0 Å². The van der Waals surface area contributed by atoms with Crippen molar-refractivity contribution in [2.75, 3.05) is 17.2 Å². The number of nitrogens with one attached hydrogen (secondary N) is 2. The summed E-state index contributed by atoms with van der Waals surface area (Å²) in [6.07, 6.45) is 0.433. The van der Waals surface area contributed by atoms with Gasteiger partial charge in [-0.05, 0) is 56.3 Å². The maximum Gasteiger partial charge on any atom is 0.237 e. The molecule has 6 nitrogen and oxygen atoms in total. The predicted molar refractivity (Wildman–Crippen MR) is 120 cm³/mol. The molecule has 0 saturated carbocycles. The van der Waals surface area contributed by atoms with Gasteiger partial charge in [0.2, 0.25) is 11.8 Å². The molecular formula is C21H23N3O3S2. The molecule has 2 aromatic carbocycles. The molecular weight excluding hydrogens is 406 g/mol. The summed E-state index contributed by atoms with van der Waals surface area (Å²) in [5.74, 6) is 0.661. The summed E-state index contributed by atoms with van der Waals surface area (Å²) < 4.78 is 7.20. The van der Waals surface area contributed by atoms with Crippen LogP contribution in [0, 0.1) is 0 Å². The Balaban J connectivity index is 1.62. The van der Waals surface area contributed by atoms with Gasteiger partial charge >= 0.3 is 0 Å². The van der Waals surface area contributed by atoms with Crippen LogP contribution in [0.25, 0.3) is 10.2 Å². The molecule has 0 spiro atoms. The first-order chi connectivity index (χ1) is 14.0. The van der Waals surface area contributed by atoms with Gasteiger partial charge in [0.05, 0.1) is 22.1 Å². The normalized spacial score (nSPS) is 11.8. The van der Waals surface area contributed by atoms with Gasteiger partial charge < -0.3 is 15.4 Å². The van der Waals surface area contributed by atoms with Crippen LogP contribution in [0.5, 0.6) is 5.75 Å². The molecule has 0 unspecified atom stereocenters. The maximum absolute atomic E-state index is 12.5. The summed E-state index contributed by atoms with van der Waals surface area (Å²) in [6.45, 7) is 6.20. The molecule has 0 aliphatic heterocycles. The Kier molecular flexibility index (Phi) is 7.11. The Labute approximate surface area is 178 Å². The van der Waals surface area contributed by atoms with Crippen LogP contribution < -0.4 is 15.4 Å². The average molecular weight is 430 g/mol. The number of nitrogens with zero attached hydrogens (tertiary/aromatic N) is 1. The van der Waals surface area contributed by atoms with E-state index in [1.165, 1.54) is 23.1 Å². The van der Waals surface area contributed by atoms with Gasteiger partial charge in [-0.2, -0.15) is 0 Å². The van der Waals surface area contributed by atoms with Gasteiger partial charge in [0.15, 0.2) is 4.34 Å². The van der Waals surface area contributed by atoms with Crippen LogP contribution in [0.2, 0.25) is 0 Å². The molecule has 3 rings (SSSR count). The van der Waals surface area contributed by atoms with Crippen LogP contribution in [-0.4, -0.2) is 28.7 Å². The number of rotatable bonds is 8. The van der Waals surface area contributed by atoms with Crippen LogP contribution in [-0.2, 0) is 9.59 Å². The fraction of sp³-hybridized carbons (Fsp3) is 0.286. The second-order valence-corrected chi connectivity index (χ2v) is 8.89. The molecule has 152 valence electrons. The minimum absolute atomic E-state index is 0.0250. The summed E-state index contributed by atoms with van der Waals surface area (Å²) >= 11 is 2.93. The number of carbonyl (C=O) groups is 2. The van der Waals surface area contributed by atoms with Gasteiger partial charge in [0.25, 0.3) is 0 Å². The number of hydrogen-bond acceptors (Lipinski definition) is 6. The van der Waals surface area contributed by atoms with Crippen molar-refractivity contribution in [3.05, 3.63) is 42.5 Å². The van der Waals surface area contributed by atoms with Gasteiger partial charge in [-0.15, -0.1) is 11.3 Å². The van der Waals surface area contributed by atoms with E-state index in [0.717, 1.165) is 31.7 Å². The number of thioether (sulfide) groups is 1. The zero-order chi connectivity index (χ0) is 20.8. The monoisotopic (exact) mass is 429 g/mol. The number of anilines is 2. The Bertz CT molecular complexity index is 1000. The summed E-state index contributed by atoms with van der Waals surface area (Å²) in [7, 11) is 0. The number of aromatic nitrogens is 1. The third-order valence-electron chi connectivity index (χ3n) is 4.05. The minimum Gasteiger partial charge on any atom is -0.494 e. The van der Waals surface area contributed by atoms with Crippen molar-refractivity contribution in [1.82, 2.24) is 4.98 Å². The number of ether oxygens (including phenoxy) is 1. The lowest BCUT2D eigenvalue weighted by atomic mass is 10.3. The number of amides is 2. The van der Waals surface area contributed by atoms with Gasteiger partial charge in [-0.3, -0.25) is 9.59 Å². The lowest BCUT2D eigenvalue weighted by molar-refractivity contribution is -0.116. The molecule has 0 radical (unpaired) electrons. The quantitative estimate of drug-likeness (QED) is 0.483. The highest BCUT2D eigenvalue weighted by Crippen LogP contribution is 2.33. The summed E-state index contributed by atoms with van der Waals surface area (Å²) in [6, 6.07) is 12.9. The molecule has 1 atom stereocenters. The van der Waals surface area contributed by atoms with Crippen LogP contribution in [0.3, 0.4) is 0 Å². The van der Waals surface area contributed by atoms with Crippen molar-refractivity contribution in [2.24, 2.45) is 0 Å². The van der Waals surface area contributed by atoms with Crippen LogP contribution in [0.4, 0.5) is 11.4 Å². The van der Waals surface area contributed by atoms with E-state index in [1.54, 1.807) is 0 Å². The van der Waals surface area contributed by atoms with Crippen molar-refractivity contribution in [1.29, 1.82) is 0 Å². The molecule has 0 saturated heterocycles. The average Bonchev–Trinajstić information content (AvgIpc) is 3.11. The van der Waals surface area contributed by atoms with Gasteiger partial charge in [-0.1, -0.05) is 18.7 Å². The Morgan fingerprint density at radius 2 is 1.83 bits per heavy atom. The van der Waals surface area contributed by atoms with Crippen LogP contribution in [0.1, 0.15) is 27.2 Å². The molecule has 8 heteroatoms. The number of fused-ring (bicyclic) bond motifs is 1. The number of thiazole rings is 1. The molecule has 0 aliphatic rings. The van der Waals surface area contributed by atoms with E-state index in [1.807, 2.05) is 63.2 Å². The summed E-state index contributed by atoms with van der Waals surface area (Å²) in [4.78, 5) is 28.7. The van der Waals surface area contributed by atoms with Gasteiger partial charge in [-0.25, -0.2) is 4.98 Å². The zero-order valence-electron chi connectivity index (χ0n) is 16.5. The Hall–Kier alpha value is -2.58. The first-order valence-electron chi connectivity index (χ1n) is 9.39. The van der Waals surface area contributed by atoms with Crippen molar-refractivity contribution >= 4 is 56.5 Å². The van der Waals surface area contributed by atoms with E-state index in [2.05, 4.69) is 15.6 Å². The summed E-state index contributed by atoms with van der Waals surface area (Å²) in [5.41, 5.74) is 2.34. The van der Waals surface area contributed by atoms with Crippen molar-refractivity contribution < 1.29 is 14.3 Å². The zero-order valence-corrected chi connectivity index (χ0v) is 18.2. The van der Waals surface area contributed by atoms with Crippen LogP contribution in [0.15, 0.2) is 46.8 Å². The lowest BCUT2D eigenvalue weighted by Gasteiger charge is -2.11. The second-order valence-electron chi connectivity index (χ2n) is 6.27. The van der Waals surface area contributed by atoms with Crippen molar-refractivity contribution in [2.45, 2.75) is 36.8 Å². The molecule has 2 N–H and O–H groups in total. The third kappa shape index (κ3) is 5.71. The Morgan fingerprint density at radius 1 is 1.10 bits per heavy atom. The molecule has 1 heterocycles. The smallest absolute Gasteiger partial charge is 0.237 e. The predicted octanol–water partition coefficient (Wildman–Crippen LogP) is 5.16. The highest BCUT2D eigenvalue weighted by Gasteiger charge is 2.17. The SMILES string of the molecule is CCOc1ccc(NC(=O)[C@H](C)Sc2nc3ccc(NC(=O)CC)cc3s2)cc1. The minimum atomic E-state index is -0.304. The first kappa shape index (κ1) is 21.1. The summed E-state index contributed by atoms with van der Waals surface area (Å²) in [5, 5.41) is 5.46. The van der Waals surface area contributed by atoms with E-state index in [0.29, 0.717) is 13.0 Å².